The fourth-order valence-electron chi connectivity index (χ4n) is 3.66. The van der Waals surface area contributed by atoms with Gasteiger partial charge in [0, 0.05) is 24.8 Å². The van der Waals surface area contributed by atoms with Crippen molar-refractivity contribution in [3.8, 4) is 0 Å². The molecule has 2 aromatic carbocycles. The Morgan fingerprint density at radius 1 is 1.00 bits per heavy atom. The highest BCUT2D eigenvalue weighted by molar-refractivity contribution is 7.91. The van der Waals surface area contributed by atoms with Gasteiger partial charge in [-0.15, -0.1) is 0 Å². The second-order valence-electron chi connectivity index (χ2n) is 7.60. The van der Waals surface area contributed by atoms with Gasteiger partial charge in [0.15, 0.2) is 9.84 Å². The molecule has 1 aliphatic rings. The van der Waals surface area contributed by atoms with E-state index in [1.165, 1.54) is 17.0 Å². The molecule has 1 atom stereocenters. The summed E-state index contributed by atoms with van der Waals surface area (Å²) < 4.78 is 68.9. The quantitative estimate of drug-likeness (QED) is 0.556. The molecule has 1 aliphatic heterocycles. The lowest BCUT2D eigenvalue weighted by molar-refractivity contribution is -0.123. The summed E-state index contributed by atoms with van der Waals surface area (Å²) in [6.45, 7) is 0.432. The molecule has 1 N–H and O–H groups in total. The molecule has 1 aromatic heterocycles. The summed E-state index contributed by atoms with van der Waals surface area (Å²) in [7, 11) is -4.39. The Balaban J connectivity index is 1.76. The van der Waals surface area contributed by atoms with Crippen molar-refractivity contribution in [3.63, 3.8) is 0 Å². The zero-order valence-electron chi connectivity index (χ0n) is 17.5. The Morgan fingerprint density at radius 3 is 2.35 bits per heavy atom. The van der Waals surface area contributed by atoms with Gasteiger partial charge in [0.2, 0.25) is 5.91 Å². The first-order chi connectivity index (χ1) is 16.2. The van der Waals surface area contributed by atoms with Crippen LogP contribution < -0.4 is 5.32 Å². The number of piperazine rings is 1. The Bertz CT molecular complexity index is 1350. The predicted molar refractivity (Wildman–Crippen MR) is 115 cm³/mol. The van der Waals surface area contributed by atoms with Crippen LogP contribution >= 0.6 is 0 Å². The van der Waals surface area contributed by atoms with Gasteiger partial charge >= 0.3 is 0 Å². The number of amides is 2. The van der Waals surface area contributed by atoms with Crippen LogP contribution in [0.1, 0.15) is 26.9 Å². The second kappa shape index (κ2) is 9.26. The number of hydrogen-bond acceptors (Lipinski definition) is 5. The molecule has 4 rings (SSSR count). The van der Waals surface area contributed by atoms with E-state index in [2.05, 4.69) is 10.3 Å². The highest BCUT2D eigenvalue weighted by Gasteiger charge is 2.34. The number of carbonyl (C=O) groups excluding carboxylic acids is 2. The molecule has 1 unspecified atom stereocenters. The fourth-order valence-corrected chi connectivity index (χ4v) is 5.46. The van der Waals surface area contributed by atoms with E-state index < -0.39 is 44.0 Å². The molecule has 2 amide bonds. The second-order valence-corrected chi connectivity index (χ2v) is 9.63. The van der Waals surface area contributed by atoms with Gasteiger partial charge in [0.1, 0.15) is 28.4 Å². The van der Waals surface area contributed by atoms with Crippen LogP contribution in [0.3, 0.4) is 0 Å². The van der Waals surface area contributed by atoms with Crippen molar-refractivity contribution in [2.24, 2.45) is 0 Å². The van der Waals surface area contributed by atoms with Gasteiger partial charge in [-0.25, -0.2) is 21.6 Å². The SMILES string of the molecule is O=C1CN(C(=O)c2ccc(C(c3cc(F)ccc3F)S(=O)(=O)c3ccc(F)cc3)cn2)CCN1. The van der Waals surface area contributed by atoms with Crippen LogP contribution in [0.25, 0.3) is 0 Å². The third kappa shape index (κ3) is 4.65. The van der Waals surface area contributed by atoms with E-state index in [0.717, 1.165) is 48.7 Å². The maximum atomic E-state index is 14.7. The average Bonchev–Trinajstić information content (AvgIpc) is 2.81. The zero-order chi connectivity index (χ0) is 24.5. The molecular weight excluding hydrogens is 471 g/mol. The van der Waals surface area contributed by atoms with Crippen molar-refractivity contribution in [2.75, 3.05) is 19.6 Å². The largest absolute Gasteiger partial charge is 0.353 e. The number of benzene rings is 2. The number of rotatable bonds is 5. The summed E-state index contributed by atoms with van der Waals surface area (Å²) in [6.07, 6.45) is 1.09. The number of nitrogens with zero attached hydrogens (tertiary/aromatic N) is 2. The number of pyridine rings is 1. The zero-order valence-corrected chi connectivity index (χ0v) is 18.4. The number of halogens is 3. The molecule has 0 aliphatic carbocycles. The van der Waals surface area contributed by atoms with Crippen LogP contribution in [0.5, 0.6) is 0 Å². The first-order valence-corrected chi connectivity index (χ1v) is 11.7. The summed E-state index contributed by atoms with van der Waals surface area (Å²) in [6, 6.07) is 8.92. The summed E-state index contributed by atoms with van der Waals surface area (Å²) in [4.78, 5) is 29.2. The van der Waals surface area contributed by atoms with Crippen molar-refractivity contribution < 1.29 is 31.2 Å². The summed E-state index contributed by atoms with van der Waals surface area (Å²) in [5, 5.41) is 0.880. The predicted octanol–water partition coefficient (Wildman–Crippen LogP) is 2.63. The number of carbonyl (C=O) groups is 2. The van der Waals surface area contributed by atoms with E-state index in [4.69, 9.17) is 0 Å². The lowest BCUT2D eigenvalue weighted by Crippen LogP contribution is -2.50. The van der Waals surface area contributed by atoms with Crippen LogP contribution in [-0.4, -0.2) is 49.8 Å². The van der Waals surface area contributed by atoms with E-state index in [1.54, 1.807) is 0 Å². The molecule has 2 heterocycles. The van der Waals surface area contributed by atoms with E-state index in [0.29, 0.717) is 6.54 Å². The highest BCUT2D eigenvalue weighted by atomic mass is 32.2. The Morgan fingerprint density at radius 2 is 1.71 bits per heavy atom. The van der Waals surface area contributed by atoms with Gasteiger partial charge in [-0.1, -0.05) is 6.07 Å². The van der Waals surface area contributed by atoms with Crippen molar-refractivity contribution in [2.45, 2.75) is 10.1 Å². The molecule has 176 valence electrons. The molecule has 1 fully saturated rings. The van der Waals surface area contributed by atoms with Gasteiger partial charge in [-0.2, -0.15) is 0 Å². The lowest BCUT2D eigenvalue weighted by Gasteiger charge is -2.26. The Labute approximate surface area is 193 Å². The maximum absolute atomic E-state index is 14.7. The molecule has 34 heavy (non-hydrogen) atoms. The van der Waals surface area contributed by atoms with E-state index in [-0.39, 0.29) is 35.1 Å². The van der Waals surface area contributed by atoms with Crippen molar-refractivity contribution in [1.29, 1.82) is 0 Å². The van der Waals surface area contributed by atoms with Crippen molar-refractivity contribution >= 4 is 21.7 Å². The molecule has 0 bridgehead atoms. The molecule has 0 radical (unpaired) electrons. The Kier molecular flexibility index (Phi) is 6.38. The molecule has 3 aromatic rings. The van der Waals surface area contributed by atoms with Gasteiger partial charge < -0.3 is 10.2 Å². The highest BCUT2D eigenvalue weighted by Crippen LogP contribution is 2.36. The number of hydrogen-bond donors (Lipinski definition) is 1. The van der Waals surface area contributed by atoms with E-state index >= 15 is 0 Å². The molecule has 1 saturated heterocycles. The third-order valence-electron chi connectivity index (χ3n) is 5.33. The number of aromatic nitrogens is 1. The first kappa shape index (κ1) is 23.4. The monoisotopic (exact) mass is 489 g/mol. The lowest BCUT2D eigenvalue weighted by atomic mass is 10.0. The van der Waals surface area contributed by atoms with Gasteiger partial charge in [0.05, 0.1) is 11.4 Å². The van der Waals surface area contributed by atoms with Crippen molar-refractivity contribution in [3.05, 3.63) is 95.1 Å². The number of sulfone groups is 1. The summed E-state index contributed by atoms with van der Waals surface area (Å²) >= 11 is 0. The molecule has 7 nitrogen and oxygen atoms in total. The van der Waals surface area contributed by atoms with Crippen LogP contribution in [0.4, 0.5) is 13.2 Å². The van der Waals surface area contributed by atoms with Crippen LogP contribution in [0.15, 0.2) is 65.7 Å². The summed E-state index contributed by atoms with van der Waals surface area (Å²) in [5.74, 6) is -3.32. The smallest absolute Gasteiger partial charge is 0.272 e. The molecule has 0 saturated carbocycles. The van der Waals surface area contributed by atoms with Crippen LogP contribution in [0.2, 0.25) is 0 Å². The maximum Gasteiger partial charge on any atom is 0.272 e. The standard InChI is InChI=1S/C23H18F3N3O4S/c24-15-2-5-17(6-3-15)34(32,33)22(18-11-16(25)4-7-19(18)26)14-1-8-20(28-12-14)23(31)29-10-9-27-21(30)13-29/h1-8,11-12,22H,9-10,13H2,(H,27,30). The topological polar surface area (TPSA) is 96.4 Å². The first-order valence-electron chi connectivity index (χ1n) is 10.1. The van der Waals surface area contributed by atoms with Crippen molar-refractivity contribution in [1.82, 2.24) is 15.2 Å². The molecular formula is C23H18F3N3O4S. The molecule has 11 heteroatoms. The minimum absolute atomic E-state index is 0.0261. The number of nitrogens with one attached hydrogen (secondary N) is 1. The van der Waals surface area contributed by atoms with E-state index in [9.17, 15) is 31.2 Å². The van der Waals surface area contributed by atoms with Gasteiger partial charge in [-0.05, 0) is 54.1 Å². The summed E-state index contributed by atoms with van der Waals surface area (Å²) in [5.41, 5.74) is -0.532. The van der Waals surface area contributed by atoms with Crippen LogP contribution in [0, 0.1) is 17.5 Å². The minimum atomic E-state index is -4.39. The van der Waals surface area contributed by atoms with E-state index in [1.807, 2.05) is 0 Å². The van der Waals surface area contributed by atoms with Crippen LogP contribution in [-0.2, 0) is 14.6 Å². The third-order valence-corrected chi connectivity index (χ3v) is 7.40. The fraction of sp³-hybridized carbons (Fsp3) is 0.174. The van der Waals surface area contributed by atoms with Gasteiger partial charge in [-0.3, -0.25) is 14.6 Å². The Hall–Kier alpha value is -3.73. The normalized spacial score (nSPS) is 15.0. The average molecular weight is 489 g/mol. The molecule has 0 spiro atoms. The minimum Gasteiger partial charge on any atom is -0.353 e. The van der Waals surface area contributed by atoms with Gasteiger partial charge in [0.25, 0.3) is 5.91 Å².